The first-order chi connectivity index (χ1) is 9.92. The van der Waals surface area contributed by atoms with Crippen molar-refractivity contribution in [3.05, 3.63) is 24.0 Å². The predicted octanol–water partition coefficient (Wildman–Crippen LogP) is 2.70. The fourth-order valence-corrected chi connectivity index (χ4v) is 2.34. The molecule has 2 rings (SSSR count). The maximum atomic E-state index is 13.5. The van der Waals surface area contributed by atoms with E-state index in [9.17, 15) is 9.18 Å². The molecule has 0 heterocycles. The van der Waals surface area contributed by atoms with Gasteiger partial charge >= 0.3 is 0 Å². The molecular weight excluding hydrogens is 273 g/mol. The van der Waals surface area contributed by atoms with Gasteiger partial charge in [0.25, 0.3) is 0 Å². The van der Waals surface area contributed by atoms with Gasteiger partial charge in [-0.3, -0.25) is 4.79 Å². The van der Waals surface area contributed by atoms with Gasteiger partial charge in [-0.15, -0.1) is 0 Å². The zero-order valence-electron chi connectivity index (χ0n) is 12.7. The highest BCUT2D eigenvalue weighted by molar-refractivity contribution is 5.77. The minimum atomic E-state index is -0.428. The Kier molecular flexibility index (Phi) is 5.17. The standard InChI is InChI=1S/C16H22FNO3/c1-10(2)18-13-6-16(7-13)21-15-5-12(17)4-14(8-15)20-9-11(3)19/h4-5,8,10,13,16,18H,6-7,9H2,1-3H3/t13-,16+. The summed E-state index contributed by atoms with van der Waals surface area (Å²) in [5.41, 5.74) is 0. The normalized spacial score (nSPS) is 21.0. The van der Waals surface area contributed by atoms with Crippen LogP contribution in [-0.2, 0) is 4.79 Å². The van der Waals surface area contributed by atoms with E-state index in [-0.39, 0.29) is 18.5 Å². The van der Waals surface area contributed by atoms with E-state index in [4.69, 9.17) is 9.47 Å². The van der Waals surface area contributed by atoms with Crippen LogP contribution in [0.15, 0.2) is 18.2 Å². The van der Waals surface area contributed by atoms with Crippen LogP contribution in [0.1, 0.15) is 33.6 Å². The fourth-order valence-electron chi connectivity index (χ4n) is 2.34. The molecule has 0 aromatic heterocycles. The van der Waals surface area contributed by atoms with E-state index < -0.39 is 5.82 Å². The second-order valence-electron chi connectivity index (χ2n) is 5.84. The van der Waals surface area contributed by atoms with Gasteiger partial charge in [0.1, 0.15) is 30.0 Å². The Hall–Kier alpha value is -1.62. The molecule has 0 spiro atoms. The van der Waals surface area contributed by atoms with Crippen molar-refractivity contribution in [2.24, 2.45) is 0 Å². The van der Waals surface area contributed by atoms with Gasteiger partial charge in [0.2, 0.25) is 0 Å². The summed E-state index contributed by atoms with van der Waals surface area (Å²) in [5, 5.41) is 3.43. The smallest absolute Gasteiger partial charge is 0.167 e. The van der Waals surface area contributed by atoms with E-state index in [1.165, 1.54) is 19.1 Å². The van der Waals surface area contributed by atoms with E-state index in [0.717, 1.165) is 12.8 Å². The Labute approximate surface area is 124 Å². The molecule has 1 aromatic carbocycles. The summed E-state index contributed by atoms with van der Waals surface area (Å²) in [6.45, 7) is 5.58. The van der Waals surface area contributed by atoms with Gasteiger partial charge in [0, 0.05) is 30.3 Å². The van der Waals surface area contributed by atoms with Gasteiger partial charge in [-0.2, -0.15) is 0 Å². The Morgan fingerprint density at radius 1 is 1.33 bits per heavy atom. The largest absolute Gasteiger partial charge is 0.490 e. The van der Waals surface area contributed by atoms with Crippen LogP contribution < -0.4 is 14.8 Å². The molecule has 1 aromatic rings. The summed E-state index contributed by atoms with van der Waals surface area (Å²) in [5.74, 6) is 0.225. The summed E-state index contributed by atoms with van der Waals surface area (Å²) in [6.07, 6.45) is 1.93. The van der Waals surface area contributed by atoms with Gasteiger partial charge in [-0.1, -0.05) is 13.8 Å². The van der Waals surface area contributed by atoms with E-state index >= 15 is 0 Å². The minimum absolute atomic E-state index is 0.0628. The van der Waals surface area contributed by atoms with Crippen LogP contribution in [0.25, 0.3) is 0 Å². The fraction of sp³-hybridized carbons (Fsp3) is 0.562. The number of hydrogen-bond donors (Lipinski definition) is 1. The van der Waals surface area contributed by atoms with Crippen LogP contribution in [0.3, 0.4) is 0 Å². The van der Waals surface area contributed by atoms with E-state index in [2.05, 4.69) is 19.2 Å². The number of benzene rings is 1. The third-order valence-electron chi connectivity index (χ3n) is 3.25. The van der Waals surface area contributed by atoms with Crippen molar-refractivity contribution in [3.63, 3.8) is 0 Å². The highest BCUT2D eigenvalue weighted by atomic mass is 19.1. The first kappa shape index (κ1) is 15.8. The monoisotopic (exact) mass is 295 g/mol. The molecule has 4 nitrogen and oxygen atoms in total. The number of Topliss-reactive ketones (excluding diaryl/α,β-unsaturated/α-hetero) is 1. The topological polar surface area (TPSA) is 47.6 Å². The summed E-state index contributed by atoms with van der Waals surface area (Å²) in [6, 6.07) is 5.13. The second-order valence-corrected chi connectivity index (χ2v) is 5.84. The van der Waals surface area contributed by atoms with E-state index in [0.29, 0.717) is 23.6 Å². The van der Waals surface area contributed by atoms with Crippen LogP contribution in [0.4, 0.5) is 4.39 Å². The third kappa shape index (κ3) is 5.01. The van der Waals surface area contributed by atoms with Crippen LogP contribution >= 0.6 is 0 Å². The molecule has 5 heteroatoms. The Balaban J connectivity index is 1.87. The van der Waals surface area contributed by atoms with Crippen molar-refractivity contribution >= 4 is 5.78 Å². The highest BCUT2D eigenvalue weighted by Crippen LogP contribution is 2.29. The van der Waals surface area contributed by atoms with Crippen molar-refractivity contribution in [1.29, 1.82) is 0 Å². The quantitative estimate of drug-likeness (QED) is 0.840. The maximum Gasteiger partial charge on any atom is 0.167 e. The molecule has 1 saturated carbocycles. The first-order valence-electron chi connectivity index (χ1n) is 7.28. The molecule has 0 bridgehead atoms. The molecule has 1 N–H and O–H groups in total. The maximum absolute atomic E-state index is 13.5. The number of halogens is 1. The molecule has 0 saturated heterocycles. The van der Waals surface area contributed by atoms with E-state index in [1.807, 2.05) is 0 Å². The number of rotatable bonds is 7. The SMILES string of the molecule is CC(=O)COc1cc(F)cc(O[C@H]2C[C@@H](NC(C)C)C2)c1. The zero-order chi connectivity index (χ0) is 15.4. The van der Waals surface area contributed by atoms with Gasteiger partial charge in [-0.05, 0) is 19.8 Å². The van der Waals surface area contributed by atoms with Crippen LogP contribution in [0.5, 0.6) is 11.5 Å². The number of hydrogen-bond acceptors (Lipinski definition) is 4. The molecule has 0 atom stereocenters. The van der Waals surface area contributed by atoms with Crippen molar-refractivity contribution in [2.75, 3.05) is 6.61 Å². The molecule has 1 aliphatic rings. The lowest BCUT2D eigenvalue weighted by atomic mass is 9.88. The Morgan fingerprint density at radius 3 is 2.62 bits per heavy atom. The summed E-state index contributed by atoms with van der Waals surface area (Å²) in [4.78, 5) is 10.9. The molecule has 1 fully saturated rings. The number of ketones is 1. The predicted molar refractivity (Wildman–Crippen MR) is 78.3 cm³/mol. The van der Waals surface area contributed by atoms with Gasteiger partial charge in [-0.25, -0.2) is 4.39 Å². The van der Waals surface area contributed by atoms with E-state index in [1.54, 1.807) is 6.07 Å². The van der Waals surface area contributed by atoms with Gasteiger partial charge in [0.05, 0.1) is 0 Å². The van der Waals surface area contributed by atoms with Crippen LogP contribution in [-0.4, -0.2) is 30.6 Å². The second kappa shape index (κ2) is 6.89. The molecule has 21 heavy (non-hydrogen) atoms. The molecule has 0 unspecified atom stereocenters. The van der Waals surface area contributed by atoms with Crippen molar-refractivity contribution < 1.29 is 18.7 Å². The van der Waals surface area contributed by atoms with Gasteiger partial charge < -0.3 is 14.8 Å². The van der Waals surface area contributed by atoms with Crippen LogP contribution in [0.2, 0.25) is 0 Å². The number of carbonyl (C=O) groups excluding carboxylic acids is 1. The lowest BCUT2D eigenvalue weighted by Gasteiger charge is -2.37. The van der Waals surface area contributed by atoms with Crippen LogP contribution in [0, 0.1) is 5.82 Å². The molecule has 1 aliphatic carbocycles. The zero-order valence-corrected chi connectivity index (χ0v) is 12.7. The summed E-state index contributed by atoms with van der Waals surface area (Å²) in [7, 11) is 0. The Morgan fingerprint density at radius 2 is 2.00 bits per heavy atom. The third-order valence-corrected chi connectivity index (χ3v) is 3.25. The molecule has 0 aliphatic heterocycles. The number of nitrogens with one attached hydrogen (secondary N) is 1. The number of ether oxygens (including phenoxy) is 2. The van der Waals surface area contributed by atoms with Gasteiger partial charge in [0.15, 0.2) is 5.78 Å². The minimum Gasteiger partial charge on any atom is -0.490 e. The highest BCUT2D eigenvalue weighted by Gasteiger charge is 2.31. The average Bonchev–Trinajstić information content (AvgIpc) is 2.32. The first-order valence-corrected chi connectivity index (χ1v) is 7.28. The molecule has 0 amide bonds. The summed E-state index contributed by atoms with van der Waals surface area (Å²) < 4.78 is 24.5. The van der Waals surface area contributed by atoms with Crippen molar-refractivity contribution in [2.45, 2.75) is 51.8 Å². The number of carbonyl (C=O) groups is 1. The summed E-state index contributed by atoms with van der Waals surface area (Å²) >= 11 is 0. The lowest BCUT2D eigenvalue weighted by molar-refractivity contribution is -0.118. The molecule has 0 radical (unpaired) electrons. The Bertz CT molecular complexity index is 498. The average molecular weight is 295 g/mol. The van der Waals surface area contributed by atoms with Crippen molar-refractivity contribution in [3.8, 4) is 11.5 Å². The van der Waals surface area contributed by atoms with Crippen molar-refractivity contribution in [1.82, 2.24) is 5.32 Å². The molecular formula is C16H22FNO3. The lowest BCUT2D eigenvalue weighted by Crippen LogP contribution is -2.49. The molecule has 116 valence electrons.